The standard InChI is InChI=1S/C21H19ClN2O4S/c1-24(15-17-5-4-14-28-17)21(25)13-10-16-8-11-18(12-9-16)29(26,27)23-20-7-3-2-6-19(20)22/h2-14,23H,15H2,1H3/b13-10+. The topological polar surface area (TPSA) is 79.6 Å². The number of anilines is 1. The van der Waals surface area contributed by atoms with Crippen molar-refractivity contribution in [1.29, 1.82) is 0 Å². The number of nitrogens with zero attached hydrogens (tertiary/aromatic N) is 1. The Morgan fingerprint density at radius 3 is 2.48 bits per heavy atom. The number of sulfonamides is 1. The predicted octanol–water partition coefficient (Wildman–Crippen LogP) is 4.41. The predicted molar refractivity (Wildman–Crippen MR) is 113 cm³/mol. The second-order valence-electron chi connectivity index (χ2n) is 6.26. The van der Waals surface area contributed by atoms with Crippen molar-refractivity contribution in [3.05, 3.63) is 89.3 Å². The van der Waals surface area contributed by atoms with Crippen LogP contribution < -0.4 is 4.72 Å². The van der Waals surface area contributed by atoms with E-state index in [1.165, 1.54) is 23.1 Å². The van der Waals surface area contributed by atoms with Crippen LogP contribution in [0.1, 0.15) is 11.3 Å². The zero-order valence-electron chi connectivity index (χ0n) is 15.6. The first-order valence-corrected chi connectivity index (χ1v) is 10.5. The number of carbonyl (C=O) groups is 1. The molecule has 0 unspecified atom stereocenters. The van der Waals surface area contributed by atoms with E-state index in [0.717, 1.165) is 0 Å². The lowest BCUT2D eigenvalue weighted by atomic mass is 10.2. The van der Waals surface area contributed by atoms with Crippen molar-refractivity contribution in [3.8, 4) is 0 Å². The molecular weight excluding hydrogens is 412 g/mol. The summed E-state index contributed by atoms with van der Waals surface area (Å²) in [5.74, 6) is 0.494. The van der Waals surface area contributed by atoms with Gasteiger partial charge in [-0.25, -0.2) is 8.42 Å². The van der Waals surface area contributed by atoms with E-state index in [1.807, 2.05) is 0 Å². The molecule has 0 saturated carbocycles. The number of halogens is 1. The second kappa shape index (κ2) is 8.98. The van der Waals surface area contributed by atoms with Gasteiger partial charge in [-0.2, -0.15) is 0 Å². The zero-order chi connectivity index (χ0) is 20.9. The summed E-state index contributed by atoms with van der Waals surface area (Å²) in [5.41, 5.74) is 1.00. The van der Waals surface area contributed by atoms with Gasteiger partial charge in [-0.3, -0.25) is 9.52 Å². The van der Waals surface area contributed by atoms with E-state index >= 15 is 0 Å². The summed E-state index contributed by atoms with van der Waals surface area (Å²) in [5, 5.41) is 0.313. The molecule has 2 aromatic carbocycles. The van der Waals surface area contributed by atoms with Crippen molar-refractivity contribution in [2.75, 3.05) is 11.8 Å². The molecule has 1 heterocycles. The molecule has 0 bridgehead atoms. The Morgan fingerprint density at radius 2 is 1.83 bits per heavy atom. The molecular formula is C21H19ClN2O4S. The number of furan rings is 1. The van der Waals surface area contributed by atoms with Crippen LogP contribution in [0, 0.1) is 0 Å². The second-order valence-corrected chi connectivity index (χ2v) is 8.35. The van der Waals surface area contributed by atoms with Gasteiger partial charge >= 0.3 is 0 Å². The van der Waals surface area contributed by atoms with Crippen molar-refractivity contribution in [3.63, 3.8) is 0 Å². The molecule has 1 N–H and O–H groups in total. The van der Waals surface area contributed by atoms with Gasteiger partial charge in [0.05, 0.1) is 28.4 Å². The number of para-hydroxylation sites is 1. The highest BCUT2D eigenvalue weighted by Crippen LogP contribution is 2.24. The SMILES string of the molecule is CN(Cc1ccco1)C(=O)/C=C/c1ccc(S(=O)(=O)Nc2ccccc2Cl)cc1. The Kier molecular flexibility index (Phi) is 6.41. The van der Waals surface area contributed by atoms with Gasteiger partial charge < -0.3 is 9.32 Å². The molecule has 0 radical (unpaired) electrons. The lowest BCUT2D eigenvalue weighted by Gasteiger charge is -2.13. The number of rotatable bonds is 7. The van der Waals surface area contributed by atoms with Crippen LogP contribution in [-0.2, 0) is 21.4 Å². The highest BCUT2D eigenvalue weighted by Gasteiger charge is 2.15. The van der Waals surface area contributed by atoms with Gasteiger partial charge in [0.15, 0.2) is 0 Å². The highest BCUT2D eigenvalue weighted by atomic mass is 35.5. The maximum atomic E-state index is 12.5. The van der Waals surface area contributed by atoms with E-state index in [0.29, 0.717) is 28.6 Å². The number of hydrogen-bond acceptors (Lipinski definition) is 4. The fourth-order valence-corrected chi connectivity index (χ4v) is 3.83. The van der Waals surface area contributed by atoms with Gasteiger partial charge in [0.1, 0.15) is 5.76 Å². The van der Waals surface area contributed by atoms with Crippen LogP contribution in [-0.4, -0.2) is 26.3 Å². The molecule has 0 fully saturated rings. The quantitative estimate of drug-likeness (QED) is 0.563. The van der Waals surface area contributed by atoms with E-state index in [4.69, 9.17) is 16.0 Å². The maximum Gasteiger partial charge on any atom is 0.261 e. The number of likely N-dealkylation sites (N-methyl/N-ethyl adjacent to an activating group) is 1. The molecule has 1 aromatic heterocycles. The summed E-state index contributed by atoms with van der Waals surface area (Å²) in [6.45, 7) is 0.362. The van der Waals surface area contributed by atoms with Gasteiger partial charge in [-0.1, -0.05) is 35.9 Å². The van der Waals surface area contributed by atoms with Gasteiger partial charge in [0.2, 0.25) is 5.91 Å². The number of hydrogen-bond donors (Lipinski definition) is 1. The van der Waals surface area contributed by atoms with E-state index in [-0.39, 0.29) is 10.8 Å². The lowest BCUT2D eigenvalue weighted by Crippen LogP contribution is -2.23. The molecule has 3 aromatic rings. The summed E-state index contributed by atoms with van der Waals surface area (Å²) in [6, 6.07) is 16.3. The fraction of sp³-hybridized carbons (Fsp3) is 0.0952. The molecule has 3 rings (SSSR count). The highest BCUT2D eigenvalue weighted by molar-refractivity contribution is 7.92. The van der Waals surface area contributed by atoms with E-state index in [2.05, 4.69) is 4.72 Å². The van der Waals surface area contributed by atoms with Crippen molar-refractivity contribution < 1.29 is 17.6 Å². The number of nitrogens with one attached hydrogen (secondary N) is 1. The smallest absolute Gasteiger partial charge is 0.261 e. The molecule has 0 aliphatic heterocycles. The summed E-state index contributed by atoms with van der Waals surface area (Å²) in [4.78, 5) is 13.8. The molecule has 0 aliphatic carbocycles. The van der Waals surface area contributed by atoms with Crippen LogP contribution in [0.4, 0.5) is 5.69 Å². The van der Waals surface area contributed by atoms with Crippen molar-refractivity contribution >= 4 is 39.3 Å². The Balaban J connectivity index is 1.65. The van der Waals surface area contributed by atoms with Gasteiger partial charge in [0.25, 0.3) is 10.0 Å². The molecule has 6 nitrogen and oxygen atoms in total. The average molecular weight is 431 g/mol. The summed E-state index contributed by atoms with van der Waals surface area (Å²) in [7, 11) is -2.10. The molecule has 150 valence electrons. The van der Waals surface area contributed by atoms with E-state index in [9.17, 15) is 13.2 Å². The minimum Gasteiger partial charge on any atom is -0.467 e. The molecule has 29 heavy (non-hydrogen) atoms. The normalized spacial score (nSPS) is 11.5. The van der Waals surface area contributed by atoms with Gasteiger partial charge in [0, 0.05) is 13.1 Å². The molecule has 0 aliphatic rings. The molecule has 1 amide bonds. The Hall–Kier alpha value is -3.03. The summed E-state index contributed by atoms with van der Waals surface area (Å²) < 4.78 is 32.7. The summed E-state index contributed by atoms with van der Waals surface area (Å²) >= 11 is 6.01. The first-order valence-electron chi connectivity index (χ1n) is 8.68. The Labute approximate surface area is 174 Å². The summed E-state index contributed by atoms with van der Waals surface area (Å²) in [6.07, 6.45) is 4.60. The van der Waals surface area contributed by atoms with Gasteiger partial charge in [-0.15, -0.1) is 0 Å². The Morgan fingerprint density at radius 1 is 1.10 bits per heavy atom. The third kappa shape index (κ3) is 5.49. The minimum atomic E-state index is -3.77. The van der Waals surface area contributed by atoms with E-state index in [1.54, 1.807) is 67.9 Å². The number of amides is 1. The van der Waals surface area contributed by atoms with Crippen LogP contribution in [0.25, 0.3) is 6.08 Å². The third-order valence-corrected chi connectivity index (χ3v) is 5.79. The zero-order valence-corrected chi connectivity index (χ0v) is 17.2. The van der Waals surface area contributed by atoms with Crippen molar-refractivity contribution in [2.45, 2.75) is 11.4 Å². The van der Waals surface area contributed by atoms with Gasteiger partial charge in [-0.05, 0) is 48.0 Å². The lowest BCUT2D eigenvalue weighted by molar-refractivity contribution is -0.125. The van der Waals surface area contributed by atoms with Crippen LogP contribution in [0.2, 0.25) is 5.02 Å². The third-order valence-electron chi connectivity index (χ3n) is 4.08. The minimum absolute atomic E-state index is 0.0934. The number of carbonyl (C=O) groups excluding carboxylic acids is 1. The monoisotopic (exact) mass is 430 g/mol. The van der Waals surface area contributed by atoms with Crippen LogP contribution in [0.3, 0.4) is 0 Å². The van der Waals surface area contributed by atoms with Crippen LogP contribution in [0.5, 0.6) is 0 Å². The first kappa shape index (κ1) is 20.7. The van der Waals surface area contributed by atoms with E-state index < -0.39 is 10.0 Å². The molecule has 0 saturated heterocycles. The molecule has 0 atom stereocenters. The maximum absolute atomic E-state index is 12.5. The van der Waals surface area contributed by atoms with Crippen molar-refractivity contribution in [2.24, 2.45) is 0 Å². The van der Waals surface area contributed by atoms with Crippen molar-refractivity contribution in [1.82, 2.24) is 4.90 Å². The fourth-order valence-electron chi connectivity index (χ4n) is 2.51. The van der Waals surface area contributed by atoms with Crippen LogP contribution >= 0.6 is 11.6 Å². The first-order chi connectivity index (χ1) is 13.8. The Bertz CT molecular complexity index is 1110. The molecule has 8 heteroatoms. The largest absolute Gasteiger partial charge is 0.467 e. The van der Waals surface area contributed by atoms with Crippen LogP contribution in [0.15, 0.2) is 82.3 Å². The average Bonchev–Trinajstić information content (AvgIpc) is 3.21. The molecule has 0 spiro atoms. The number of benzene rings is 2.